The van der Waals surface area contributed by atoms with Gasteiger partial charge in [0.25, 0.3) is 0 Å². The number of esters is 2. The summed E-state index contributed by atoms with van der Waals surface area (Å²) in [5, 5.41) is 10.5. The number of hydrogen-bond donors (Lipinski definition) is 1. The fraction of sp³-hybridized carbons (Fsp3) is 0.943. The van der Waals surface area contributed by atoms with E-state index in [4.69, 9.17) is 9.47 Å². The van der Waals surface area contributed by atoms with Crippen LogP contribution in [0.25, 0.3) is 0 Å². The van der Waals surface area contributed by atoms with Gasteiger partial charge in [-0.05, 0) is 12.8 Å². The maximum Gasteiger partial charge on any atom is 0.372 e. The quantitative estimate of drug-likeness (QED) is 0.0511. The first-order chi connectivity index (χ1) is 19.5. The van der Waals surface area contributed by atoms with Crippen molar-refractivity contribution >= 4 is 11.9 Å². The van der Waals surface area contributed by atoms with Crippen LogP contribution in [0.1, 0.15) is 207 Å². The Balaban J connectivity index is 3.69. The predicted octanol–water partition coefficient (Wildman–Crippen LogP) is 11.1. The molecule has 1 N–H and O–H groups in total. The van der Waals surface area contributed by atoms with E-state index in [0.717, 1.165) is 38.5 Å². The van der Waals surface area contributed by atoms with Crippen molar-refractivity contribution in [3.05, 3.63) is 0 Å². The number of carbonyl (C=O) groups is 2. The summed E-state index contributed by atoms with van der Waals surface area (Å²) in [4.78, 5) is 24.4. The summed E-state index contributed by atoms with van der Waals surface area (Å²) in [6, 6.07) is 0. The van der Waals surface area contributed by atoms with Crippen LogP contribution < -0.4 is 0 Å². The van der Waals surface area contributed by atoms with Crippen LogP contribution in [0.2, 0.25) is 0 Å². The zero-order valence-corrected chi connectivity index (χ0v) is 27.1. The van der Waals surface area contributed by atoms with Gasteiger partial charge in [-0.2, -0.15) is 0 Å². The molecule has 0 aromatic rings. The van der Waals surface area contributed by atoms with E-state index < -0.39 is 17.9 Å². The van der Waals surface area contributed by atoms with E-state index in [9.17, 15) is 14.7 Å². The van der Waals surface area contributed by atoms with E-state index in [1.807, 2.05) is 0 Å². The normalized spacial score (nSPS) is 11.6. The van der Waals surface area contributed by atoms with Gasteiger partial charge in [-0.3, -0.25) is 9.59 Å². The molecule has 0 amide bonds. The largest absolute Gasteiger partial charge is 0.398 e. The highest BCUT2D eigenvalue weighted by Crippen LogP contribution is 2.19. The molecule has 0 aromatic heterocycles. The Morgan fingerprint density at radius 1 is 0.425 bits per heavy atom. The third-order valence-electron chi connectivity index (χ3n) is 7.96. The molecule has 0 aliphatic carbocycles. The van der Waals surface area contributed by atoms with Crippen LogP contribution in [0.3, 0.4) is 0 Å². The lowest BCUT2D eigenvalue weighted by atomic mass is 10.0. The number of unbranched alkanes of at least 4 members (excludes halogenated alkanes) is 24. The molecule has 0 heterocycles. The van der Waals surface area contributed by atoms with Crippen LogP contribution in [-0.4, -0.2) is 23.0 Å². The van der Waals surface area contributed by atoms with Gasteiger partial charge < -0.3 is 14.6 Å². The Kier molecular flexibility index (Phi) is 28.6. The molecular weight excluding hydrogens is 500 g/mol. The molecule has 0 bridgehead atoms. The van der Waals surface area contributed by atoms with Crippen LogP contribution in [0.5, 0.6) is 0 Å². The van der Waals surface area contributed by atoms with Gasteiger partial charge in [-0.25, -0.2) is 0 Å². The molecule has 0 fully saturated rings. The third kappa shape index (κ3) is 27.1. The molecule has 0 aliphatic heterocycles. The Bertz CT molecular complexity index is 518. The molecule has 0 atom stereocenters. The summed E-state index contributed by atoms with van der Waals surface area (Å²) in [5.74, 6) is -3.14. The van der Waals surface area contributed by atoms with E-state index in [2.05, 4.69) is 13.8 Å². The second-order valence-electron chi connectivity index (χ2n) is 12.0. The predicted molar refractivity (Wildman–Crippen MR) is 168 cm³/mol. The van der Waals surface area contributed by atoms with Gasteiger partial charge in [-0.15, -0.1) is 0 Å². The monoisotopic (exact) mass is 569 g/mol. The van der Waals surface area contributed by atoms with Gasteiger partial charge in [0.05, 0.1) is 6.42 Å². The van der Waals surface area contributed by atoms with Gasteiger partial charge >= 0.3 is 17.9 Å². The van der Waals surface area contributed by atoms with Crippen LogP contribution in [0, 0.1) is 0 Å². The molecule has 238 valence electrons. The van der Waals surface area contributed by atoms with Crippen LogP contribution >= 0.6 is 0 Å². The van der Waals surface area contributed by atoms with Crippen molar-refractivity contribution in [2.24, 2.45) is 0 Å². The van der Waals surface area contributed by atoms with Crippen molar-refractivity contribution in [3.63, 3.8) is 0 Å². The minimum atomic E-state index is -2.14. The lowest BCUT2D eigenvalue weighted by Crippen LogP contribution is -2.39. The first kappa shape index (κ1) is 38.9. The molecule has 0 rings (SSSR count). The fourth-order valence-corrected chi connectivity index (χ4v) is 5.20. The van der Waals surface area contributed by atoms with Crippen LogP contribution in [0.15, 0.2) is 0 Å². The molecule has 0 saturated carbocycles. The first-order valence-electron chi connectivity index (χ1n) is 17.6. The molecule has 5 nitrogen and oxygen atoms in total. The highest BCUT2D eigenvalue weighted by molar-refractivity contribution is 5.71. The van der Waals surface area contributed by atoms with E-state index in [1.54, 1.807) is 6.92 Å². The number of ether oxygens (including phenoxy) is 2. The van der Waals surface area contributed by atoms with Gasteiger partial charge in [0, 0.05) is 12.8 Å². The van der Waals surface area contributed by atoms with Crippen molar-refractivity contribution in [1.82, 2.24) is 0 Å². The lowest BCUT2D eigenvalue weighted by molar-refractivity contribution is -0.326. The van der Waals surface area contributed by atoms with Crippen molar-refractivity contribution < 1.29 is 24.2 Å². The maximum absolute atomic E-state index is 12.2. The molecule has 0 aliphatic rings. The summed E-state index contributed by atoms with van der Waals surface area (Å²) >= 11 is 0. The molecule has 0 radical (unpaired) electrons. The molecule has 0 spiro atoms. The van der Waals surface area contributed by atoms with Crippen molar-refractivity contribution in [2.75, 3.05) is 0 Å². The average molecular weight is 569 g/mol. The van der Waals surface area contributed by atoms with Gasteiger partial charge in [-0.1, -0.05) is 175 Å². The third-order valence-corrected chi connectivity index (χ3v) is 7.96. The SMILES string of the molecule is CCCCCCCCCCCCCCCC(=O)OC(O)(CC)OC(=O)CCCCCCCCCCCCCCC. The number of aliphatic hydroxyl groups is 1. The average Bonchev–Trinajstić information content (AvgIpc) is 2.93. The zero-order chi connectivity index (χ0) is 29.6. The Morgan fingerprint density at radius 2 is 0.650 bits per heavy atom. The smallest absolute Gasteiger partial charge is 0.372 e. The maximum atomic E-state index is 12.2. The topological polar surface area (TPSA) is 72.8 Å². The zero-order valence-electron chi connectivity index (χ0n) is 27.1. The first-order valence-corrected chi connectivity index (χ1v) is 17.6. The van der Waals surface area contributed by atoms with E-state index in [0.29, 0.717) is 0 Å². The van der Waals surface area contributed by atoms with Crippen molar-refractivity contribution in [2.45, 2.75) is 213 Å². The van der Waals surface area contributed by atoms with E-state index in [-0.39, 0.29) is 19.3 Å². The summed E-state index contributed by atoms with van der Waals surface area (Å²) in [6.07, 6.45) is 32.8. The van der Waals surface area contributed by atoms with Crippen LogP contribution in [0.4, 0.5) is 0 Å². The fourth-order valence-electron chi connectivity index (χ4n) is 5.20. The lowest BCUT2D eigenvalue weighted by Gasteiger charge is -2.25. The number of hydrogen-bond acceptors (Lipinski definition) is 5. The van der Waals surface area contributed by atoms with Crippen LogP contribution in [-0.2, 0) is 19.1 Å². The summed E-state index contributed by atoms with van der Waals surface area (Å²) in [7, 11) is 0. The highest BCUT2D eigenvalue weighted by atomic mass is 16.8. The molecule has 0 unspecified atom stereocenters. The molecule has 40 heavy (non-hydrogen) atoms. The Labute approximate surface area is 248 Å². The van der Waals surface area contributed by atoms with E-state index >= 15 is 0 Å². The molecule has 5 heteroatoms. The summed E-state index contributed by atoms with van der Waals surface area (Å²) in [6.45, 7) is 6.16. The molecule has 0 aromatic carbocycles. The van der Waals surface area contributed by atoms with E-state index in [1.165, 1.54) is 128 Å². The molecular formula is C35H68O5. The minimum absolute atomic E-state index is 0.0295. The standard InChI is InChI=1S/C35H68O5/c1-4-7-9-11-13-15-17-19-21-23-25-27-29-31-33(36)39-35(38,6-3)40-34(37)32-30-28-26-24-22-20-18-16-14-12-10-8-5-2/h38H,4-32H2,1-3H3. The highest BCUT2D eigenvalue weighted by Gasteiger charge is 2.34. The van der Waals surface area contributed by atoms with Crippen molar-refractivity contribution in [1.29, 1.82) is 0 Å². The Hall–Kier alpha value is -1.10. The second-order valence-corrected chi connectivity index (χ2v) is 12.0. The van der Waals surface area contributed by atoms with Gasteiger partial charge in [0.15, 0.2) is 0 Å². The van der Waals surface area contributed by atoms with Gasteiger partial charge in [0.2, 0.25) is 0 Å². The number of rotatable bonds is 31. The van der Waals surface area contributed by atoms with Gasteiger partial charge in [0.1, 0.15) is 0 Å². The summed E-state index contributed by atoms with van der Waals surface area (Å²) in [5.41, 5.74) is 0. The second kappa shape index (κ2) is 29.4. The minimum Gasteiger partial charge on any atom is -0.398 e. The van der Waals surface area contributed by atoms with Crippen molar-refractivity contribution in [3.8, 4) is 0 Å². The Morgan fingerprint density at radius 3 is 0.875 bits per heavy atom. The summed E-state index contributed by atoms with van der Waals surface area (Å²) < 4.78 is 10.3. The number of carbonyl (C=O) groups excluding carboxylic acids is 2. The molecule has 0 saturated heterocycles.